The maximum Gasteiger partial charge on any atom is 0.186 e. The Kier molecular flexibility index (Phi) is 4.61. The molecule has 0 aromatic carbocycles. The largest absolute Gasteiger partial charge is 0.366 e. The summed E-state index contributed by atoms with van der Waals surface area (Å²) in [6, 6.07) is 0.00896. The smallest absolute Gasteiger partial charge is 0.186 e. The van der Waals surface area contributed by atoms with Gasteiger partial charge in [0.15, 0.2) is 11.6 Å². The van der Waals surface area contributed by atoms with E-state index < -0.39 is 5.82 Å². The number of rotatable bonds is 5. The first-order valence-electron chi connectivity index (χ1n) is 5.47. The molecule has 0 spiro atoms. The highest BCUT2D eigenvalue weighted by atomic mass is 19.1. The van der Waals surface area contributed by atoms with Crippen LogP contribution >= 0.6 is 0 Å². The molecule has 4 nitrogen and oxygen atoms in total. The van der Waals surface area contributed by atoms with Gasteiger partial charge in [-0.1, -0.05) is 13.8 Å². The molecular weight excluding hydrogens is 207 g/mol. The van der Waals surface area contributed by atoms with E-state index >= 15 is 0 Å². The van der Waals surface area contributed by atoms with E-state index in [-0.39, 0.29) is 11.9 Å². The number of hydrogen-bond acceptors (Lipinski definition) is 4. The average molecular weight is 226 g/mol. The van der Waals surface area contributed by atoms with Crippen LogP contribution in [0.1, 0.15) is 26.0 Å². The standard InChI is InChI=1S/C11H19FN4/c1-7(2)4-9(13)5-14-11-10(12)8(3)15-6-16-11/h6-7,9H,4-5,13H2,1-3H3,(H,14,15,16). The van der Waals surface area contributed by atoms with Crippen LogP contribution in [0.2, 0.25) is 0 Å². The maximum atomic E-state index is 13.5. The molecule has 0 saturated carbocycles. The number of aromatic nitrogens is 2. The van der Waals surface area contributed by atoms with E-state index in [2.05, 4.69) is 29.1 Å². The zero-order chi connectivity index (χ0) is 12.1. The molecule has 1 aromatic heterocycles. The highest BCUT2D eigenvalue weighted by Gasteiger charge is 2.09. The first-order valence-corrected chi connectivity index (χ1v) is 5.47. The van der Waals surface area contributed by atoms with Gasteiger partial charge in [0, 0.05) is 12.6 Å². The molecule has 0 saturated heterocycles. The Bertz CT molecular complexity index is 341. The molecule has 0 radical (unpaired) electrons. The summed E-state index contributed by atoms with van der Waals surface area (Å²) in [6.45, 7) is 6.34. The van der Waals surface area contributed by atoms with Crippen LogP contribution < -0.4 is 11.1 Å². The summed E-state index contributed by atoms with van der Waals surface area (Å²) in [5, 5.41) is 2.91. The van der Waals surface area contributed by atoms with Crippen LogP contribution in [-0.4, -0.2) is 22.6 Å². The van der Waals surface area contributed by atoms with Crippen molar-refractivity contribution in [2.24, 2.45) is 11.7 Å². The minimum atomic E-state index is -0.403. The second-order valence-corrected chi connectivity index (χ2v) is 4.39. The molecule has 90 valence electrons. The van der Waals surface area contributed by atoms with Crippen LogP contribution in [0.25, 0.3) is 0 Å². The Morgan fingerprint density at radius 2 is 2.12 bits per heavy atom. The van der Waals surface area contributed by atoms with Crippen molar-refractivity contribution in [1.82, 2.24) is 9.97 Å². The van der Waals surface area contributed by atoms with E-state index in [0.717, 1.165) is 6.42 Å². The number of aryl methyl sites for hydroxylation is 1. The minimum Gasteiger partial charge on any atom is -0.366 e. The lowest BCUT2D eigenvalue weighted by Crippen LogP contribution is -2.31. The first kappa shape index (κ1) is 12.8. The van der Waals surface area contributed by atoms with E-state index in [0.29, 0.717) is 18.2 Å². The second-order valence-electron chi connectivity index (χ2n) is 4.39. The van der Waals surface area contributed by atoms with Gasteiger partial charge in [-0.2, -0.15) is 0 Å². The lowest BCUT2D eigenvalue weighted by molar-refractivity contribution is 0.506. The summed E-state index contributed by atoms with van der Waals surface area (Å²) >= 11 is 0. The fourth-order valence-corrected chi connectivity index (χ4v) is 1.50. The average Bonchev–Trinajstić information content (AvgIpc) is 2.19. The quantitative estimate of drug-likeness (QED) is 0.802. The number of hydrogen-bond donors (Lipinski definition) is 2. The Labute approximate surface area is 95.5 Å². The molecule has 0 aliphatic carbocycles. The second kappa shape index (κ2) is 5.75. The van der Waals surface area contributed by atoms with Crippen LogP contribution in [0.15, 0.2) is 6.33 Å². The van der Waals surface area contributed by atoms with Gasteiger partial charge >= 0.3 is 0 Å². The van der Waals surface area contributed by atoms with Crippen LogP contribution in [0.4, 0.5) is 10.2 Å². The molecule has 0 bridgehead atoms. The highest BCUT2D eigenvalue weighted by Crippen LogP contribution is 2.12. The van der Waals surface area contributed by atoms with Crippen LogP contribution in [0.3, 0.4) is 0 Å². The maximum absolute atomic E-state index is 13.5. The van der Waals surface area contributed by atoms with Crippen LogP contribution in [-0.2, 0) is 0 Å². The van der Waals surface area contributed by atoms with Gasteiger partial charge in [0.1, 0.15) is 6.33 Å². The molecule has 0 aliphatic rings. The normalized spacial score (nSPS) is 12.9. The molecule has 1 heterocycles. The molecule has 1 aromatic rings. The van der Waals surface area contributed by atoms with Crippen molar-refractivity contribution in [1.29, 1.82) is 0 Å². The molecular formula is C11H19FN4. The van der Waals surface area contributed by atoms with Gasteiger partial charge in [-0.15, -0.1) is 0 Å². The summed E-state index contributed by atoms with van der Waals surface area (Å²) in [7, 11) is 0. The molecule has 0 aliphatic heterocycles. The van der Waals surface area contributed by atoms with Crippen molar-refractivity contribution in [2.45, 2.75) is 33.2 Å². The van der Waals surface area contributed by atoms with Crippen molar-refractivity contribution in [2.75, 3.05) is 11.9 Å². The fourth-order valence-electron chi connectivity index (χ4n) is 1.50. The van der Waals surface area contributed by atoms with Crippen LogP contribution in [0, 0.1) is 18.7 Å². The monoisotopic (exact) mass is 226 g/mol. The number of halogens is 1. The number of nitrogens with two attached hydrogens (primary N) is 1. The Morgan fingerprint density at radius 1 is 1.44 bits per heavy atom. The summed E-state index contributed by atoms with van der Waals surface area (Å²) in [6.07, 6.45) is 2.24. The third-order valence-corrected chi connectivity index (χ3v) is 2.27. The van der Waals surface area contributed by atoms with E-state index in [1.54, 1.807) is 6.92 Å². The lowest BCUT2D eigenvalue weighted by Gasteiger charge is -2.15. The van der Waals surface area contributed by atoms with E-state index in [4.69, 9.17) is 5.73 Å². The van der Waals surface area contributed by atoms with Gasteiger partial charge in [0.05, 0.1) is 5.69 Å². The molecule has 5 heteroatoms. The minimum absolute atomic E-state index is 0.00896. The van der Waals surface area contributed by atoms with E-state index in [1.807, 2.05) is 0 Å². The number of nitrogens with zero attached hydrogens (tertiary/aromatic N) is 2. The molecule has 1 unspecified atom stereocenters. The van der Waals surface area contributed by atoms with Gasteiger partial charge in [-0.3, -0.25) is 0 Å². The first-order chi connectivity index (χ1) is 7.50. The van der Waals surface area contributed by atoms with Crippen molar-refractivity contribution >= 4 is 5.82 Å². The van der Waals surface area contributed by atoms with Gasteiger partial charge in [-0.05, 0) is 19.3 Å². The molecule has 16 heavy (non-hydrogen) atoms. The molecule has 1 atom stereocenters. The van der Waals surface area contributed by atoms with Crippen molar-refractivity contribution in [3.05, 3.63) is 17.8 Å². The van der Waals surface area contributed by atoms with Gasteiger partial charge in [0.25, 0.3) is 0 Å². The fraction of sp³-hybridized carbons (Fsp3) is 0.636. The van der Waals surface area contributed by atoms with E-state index in [1.165, 1.54) is 6.33 Å². The third-order valence-electron chi connectivity index (χ3n) is 2.27. The zero-order valence-electron chi connectivity index (χ0n) is 10.00. The topological polar surface area (TPSA) is 63.8 Å². The number of nitrogens with one attached hydrogen (secondary N) is 1. The molecule has 3 N–H and O–H groups in total. The number of anilines is 1. The van der Waals surface area contributed by atoms with Crippen molar-refractivity contribution in [3.8, 4) is 0 Å². The SMILES string of the molecule is Cc1ncnc(NCC(N)CC(C)C)c1F. The van der Waals surface area contributed by atoms with E-state index in [9.17, 15) is 4.39 Å². The predicted molar refractivity (Wildman–Crippen MR) is 62.6 cm³/mol. The third kappa shape index (κ3) is 3.73. The Morgan fingerprint density at radius 3 is 2.75 bits per heavy atom. The summed E-state index contributed by atoms with van der Waals surface area (Å²) in [5.74, 6) is 0.361. The lowest BCUT2D eigenvalue weighted by atomic mass is 10.0. The predicted octanol–water partition coefficient (Wildman–Crippen LogP) is 1.71. The van der Waals surface area contributed by atoms with Gasteiger partial charge in [-0.25, -0.2) is 14.4 Å². The summed E-state index contributed by atoms with van der Waals surface area (Å²) in [5.41, 5.74) is 6.22. The molecule has 1 rings (SSSR count). The highest BCUT2D eigenvalue weighted by molar-refractivity contribution is 5.36. The van der Waals surface area contributed by atoms with Gasteiger partial charge in [0.2, 0.25) is 0 Å². The van der Waals surface area contributed by atoms with Crippen molar-refractivity contribution < 1.29 is 4.39 Å². The summed E-state index contributed by atoms with van der Waals surface area (Å²) < 4.78 is 13.5. The summed E-state index contributed by atoms with van der Waals surface area (Å²) in [4.78, 5) is 7.59. The Balaban J connectivity index is 2.51. The molecule has 0 fully saturated rings. The van der Waals surface area contributed by atoms with Crippen LogP contribution in [0.5, 0.6) is 0 Å². The van der Waals surface area contributed by atoms with Gasteiger partial charge < -0.3 is 11.1 Å². The zero-order valence-corrected chi connectivity index (χ0v) is 10.00. The van der Waals surface area contributed by atoms with Crippen molar-refractivity contribution in [3.63, 3.8) is 0 Å². The Hall–Kier alpha value is -1.23. The molecule has 0 amide bonds.